The Labute approximate surface area is 118 Å². The van der Waals surface area contributed by atoms with Crippen LogP contribution in [-0.4, -0.2) is 28.2 Å². The van der Waals surface area contributed by atoms with E-state index in [1.54, 1.807) is 13.8 Å². The van der Waals surface area contributed by atoms with Gasteiger partial charge < -0.3 is 10.1 Å². The minimum absolute atomic E-state index is 0.206. The molecule has 21 heavy (non-hydrogen) atoms. The molecule has 0 amide bonds. The van der Waals surface area contributed by atoms with Gasteiger partial charge in [-0.15, -0.1) is 0 Å². The lowest BCUT2D eigenvalue weighted by Crippen LogP contribution is -2.41. The fraction of sp³-hybridized carbons (Fsp3) is 0.583. The number of alkyl halides is 3. The van der Waals surface area contributed by atoms with Crippen LogP contribution in [0.1, 0.15) is 26.0 Å². The zero-order valence-electron chi connectivity index (χ0n) is 11.4. The SMILES string of the molecule is CC1OCCC1(C)Nc1cc(C(F)(F)F)ncc1[N+](=O)[O-]. The summed E-state index contributed by atoms with van der Waals surface area (Å²) in [6, 6.07) is 0.661. The zero-order valence-corrected chi connectivity index (χ0v) is 11.4. The molecular weight excluding hydrogens is 291 g/mol. The van der Waals surface area contributed by atoms with Crippen LogP contribution in [0.5, 0.6) is 0 Å². The van der Waals surface area contributed by atoms with Gasteiger partial charge in [0.1, 0.15) is 17.6 Å². The first-order chi connectivity index (χ1) is 9.63. The predicted octanol–water partition coefficient (Wildman–Crippen LogP) is 2.99. The highest BCUT2D eigenvalue weighted by Gasteiger charge is 2.40. The molecule has 9 heteroatoms. The van der Waals surface area contributed by atoms with Gasteiger partial charge >= 0.3 is 11.9 Å². The molecule has 2 unspecified atom stereocenters. The molecule has 2 heterocycles. The molecule has 0 bridgehead atoms. The molecule has 0 spiro atoms. The number of rotatable bonds is 3. The van der Waals surface area contributed by atoms with E-state index in [1.165, 1.54) is 0 Å². The summed E-state index contributed by atoms with van der Waals surface area (Å²) in [6.07, 6.45) is -3.78. The lowest BCUT2D eigenvalue weighted by atomic mass is 9.94. The van der Waals surface area contributed by atoms with Gasteiger partial charge in [0.05, 0.1) is 16.6 Å². The quantitative estimate of drug-likeness (QED) is 0.686. The zero-order chi connectivity index (χ0) is 15.8. The Morgan fingerprint density at radius 3 is 2.71 bits per heavy atom. The maximum absolute atomic E-state index is 12.7. The van der Waals surface area contributed by atoms with Gasteiger partial charge in [-0.05, 0) is 26.3 Å². The fourth-order valence-corrected chi connectivity index (χ4v) is 2.16. The van der Waals surface area contributed by atoms with Crippen molar-refractivity contribution in [2.75, 3.05) is 11.9 Å². The van der Waals surface area contributed by atoms with E-state index in [4.69, 9.17) is 4.74 Å². The first-order valence-electron chi connectivity index (χ1n) is 6.25. The summed E-state index contributed by atoms with van der Waals surface area (Å²) >= 11 is 0. The molecule has 0 radical (unpaired) electrons. The van der Waals surface area contributed by atoms with E-state index in [1.807, 2.05) is 0 Å². The number of halogens is 3. The fourth-order valence-electron chi connectivity index (χ4n) is 2.16. The molecule has 0 aliphatic carbocycles. The maximum atomic E-state index is 12.7. The van der Waals surface area contributed by atoms with Crippen molar-refractivity contribution in [2.45, 2.75) is 38.1 Å². The van der Waals surface area contributed by atoms with Crippen LogP contribution in [0.2, 0.25) is 0 Å². The molecule has 1 aromatic heterocycles. The molecule has 116 valence electrons. The van der Waals surface area contributed by atoms with Gasteiger partial charge in [0.2, 0.25) is 0 Å². The van der Waals surface area contributed by atoms with Crippen LogP contribution < -0.4 is 5.32 Å². The van der Waals surface area contributed by atoms with Crippen molar-refractivity contribution in [3.05, 3.63) is 28.1 Å². The lowest BCUT2D eigenvalue weighted by molar-refractivity contribution is -0.384. The van der Waals surface area contributed by atoms with Crippen LogP contribution in [-0.2, 0) is 10.9 Å². The average molecular weight is 305 g/mol. The minimum atomic E-state index is -4.66. The summed E-state index contributed by atoms with van der Waals surface area (Å²) in [5.41, 5.74) is -2.55. The highest BCUT2D eigenvalue weighted by atomic mass is 19.4. The van der Waals surface area contributed by atoms with Gasteiger partial charge in [0.25, 0.3) is 0 Å². The highest BCUT2D eigenvalue weighted by molar-refractivity contribution is 5.62. The van der Waals surface area contributed by atoms with Crippen molar-refractivity contribution >= 4 is 11.4 Å². The van der Waals surface area contributed by atoms with E-state index in [-0.39, 0.29) is 11.8 Å². The Balaban J connectivity index is 2.42. The summed E-state index contributed by atoms with van der Waals surface area (Å²) in [6.45, 7) is 3.95. The third kappa shape index (κ3) is 3.07. The van der Waals surface area contributed by atoms with Crippen LogP contribution in [0.3, 0.4) is 0 Å². The van der Waals surface area contributed by atoms with Gasteiger partial charge in [-0.25, -0.2) is 4.98 Å². The van der Waals surface area contributed by atoms with E-state index in [0.717, 1.165) is 0 Å². The summed E-state index contributed by atoms with van der Waals surface area (Å²) in [5.74, 6) is 0. The Kier molecular flexibility index (Phi) is 3.79. The van der Waals surface area contributed by atoms with Crippen molar-refractivity contribution < 1.29 is 22.8 Å². The Morgan fingerprint density at radius 2 is 2.24 bits per heavy atom. The second-order valence-electron chi connectivity index (χ2n) is 5.15. The van der Waals surface area contributed by atoms with Crippen molar-refractivity contribution in [2.24, 2.45) is 0 Å². The predicted molar refractivity (Wildman–Crippen MR) is 68.0 cm³/mol. The smallest absolute Gasteiger partial charge is 0.376 e. The molecule has 1 aliphatic heterocycles. The topological polar surface area (TPSA) is 77.3 Å². The summed E-state index contributed by atoms with van der Waals surface area (Å²) in [4.78, 5) is 13.3. The number of ether oxygens (including phenoxy) is 1. The molecule has 2 rings (SSSR count). The molecule has 0 aromatic carbocycles. The first-order valence-corrected chi connectivity index (χ1v) is 6.25. The summed E-state index contributed by atoms with van der Waals surface area (Å²) < 4.78 is 43.5. The molecule has 2 atom stereocenters. The summed E-state index contributed by atoms with van der Waals surface area (Å²) in [5, 5.41) is 13.8. The van der Waals surface area contributed by atoms with Crippen LogP contribution in [0.25, 0.3) is 0 Å². The van der Waals surface area contributed by atoms with Crippen LogP contribution in [0, 0.1) is 10.1 Å². The normalized spacial score (nSPS) is 25.9. The largest absolute Gasteiger partial charge is 0.433 e. The van der Waals surface area contributed by atoms with Gasteiger partial charge in [0, 0.05) is 6.61 Å². The van der Waals surface area contributed by atoms with Crippen LogP contribution in [0.15, 0.2) is 12.3 Å². The Hall–Kier alpha value is -1.90. The number of nitro groups is 1. The molecule has 6 nitrogen and oxygen atoms in total. The lowest BCUT2D eigenvalue weighted by Gasteiger charge is -2.30. The van der Waals surface area contributed by atoms with Gasteiger partial charge in [-0.3, -0.25) is 10.1 Å². The maximum Gasteiger partial charge on any atom is 0.433 e. The third-order valence-electron chi connectivity index (χ3n) is 3.68. The number of nitrogens with one attached hydrogen (secondary N) is 1. The number of anilines is 1. The van der Waals surface area contributed by atoms with E-state index < -0.39 is 28.0 Å². The average Bonchev–Trinajstić information content (AvgIpc) is 2.67. The monoisotopic (exact) mass is 305 g/mol. The van der Waals surface area contributed by atoms with E-state index in [0.29, 0.717) is 25.3 Å². The Bertz CT molecular complexity index is 564. The van der Waals surface area contributed by atoms with E-state index in [2.05, 4.69) is 10.3 Å². The van der Waals surface area contributed by atoms with Crippen molar-refractivity contribution in [3.63, 3.8) is 0 Å². The number of pyridine rings is 1. The number of aromatic nitrogens is 1. The van der Waals surface area contributed by atoms with Gasteiger partial charge in [0.15, 0.2) is 0 Å². The standard InChI is InChI=1S/C12H14F3N3O3/c1-7-11(2,3-4-21-7)17-8-5-10(12(13,14)15)16-6-9(8)18(19)20/h5-7H,3-4H2,1-2H3,(H,16,17). The second-order valence-corrected chi connectivity index (χ2v) is 5.15. The molecule has 1 saturated heterocycles. The third-order valence-corrected chi connectivity index (χ3v) is 3.68. The molecule has 1 aliphatic rings. The number of nitrogens with zero attached hydrogens (tertiary/aromatic N) is 2. The number of hydrogen-bond acceptors (Lipinski definition) is 5. The van der Waals surface area contributed by atoms with E-state index >= 15 is 0 Å². The Morgan fingerprint density at radius 1 is 1.57 bits per heavy atom. The van der Waals surface area contributed by atoms with Crippen LogP contribution >= 0.6 is 0 Å². The van der Waals surface area contributed by atoms with Crippen molar-refractivity contribution in [3.8, 4) is 0 Å². The molecule has 1 fully saturated rings. The van der Waals surface area contributed by atoms with Crippen LogP contribution in [0.4, 0.5) is 24.5 Å². The van der Waals surface area contributed by atoms with Crippen molar-refractivity contribution in [1.82, 2.24) is 4.98 Å². The summed E-state index contributed by atoms with van der Waals surface area (Å²) in [7, 11) is 0. The van der Waals surface area contributed by atoms with Gasteiger partial charge in [-0.2, -0.15) is 13.2 Å². The minimum Gasteiger partial charge on any atom is -0.376 e. The molecule has 1 N–H and O–H groups in total. The van der Waals surface area contributed by atoms with E-state index in [9.17, 15) is 23.3 Å². The highest BCUT2D eigenvalue weighted by Crippen LogP contribution is 2.36. The van der Waals surface area contributed by atoms with Gasteiger partial charge in [-0.1, -0.05) is 0 Å². The number of hydrogen-bond donors (Lipinski definition) is 1. The molecule has 0 saturated carbocycles. The first kappa shape index (κ1) is 15.5. The van der Waals surface area contributed by atoms with Crippen molar-refractivity contribution in [1.29, 1.82) is 0 Å². The molecule has 1 aromatic rings. The second kappa shape index (κ2) is 5.14. The molecular formula is C12H14F3N3O3.